The zero-order valence-electron chi connectivity index (χ0n) is 12.9. The van der Waals surface area contributed by atoms with E-state index in [2.05, 4.69) is 22.6 Å². The Kier molecular flexibility index (Phi) is 6.83. The summed E-state index contributed by atoms with van der Waals surface area (Å²) in [4.78, 5) is 11.3. The molecule has 0 fully saturated rings. The van der Waals surface area contributed by atoms with E-state index >= 15 is 0 Å². The summed E-state index contributed by atoms with van der Waals surface area (Å²) < 4.78 is 25.1. The van der Waals surface area contributed by atoms with Crippen molar-refractivity contribution in [1.82, 2.24) is 0 Å². The molecule has 0 bridgehead atoms. The molecular formula is C18H18FIO3. The van der Waals surface area contributed by atoms with E-state index in [1.165, 1.54) is 6.07 Å². The van der Waals surface area contributed by atoms with Crippen molar-refractivity contribution < 1.29 is 18.7 Å². The number of benzene rings is 2. The van der Waals surface area contributed by atoms with Crippen LogP contribution in [0.3, 0.4) is 0 Å². The lowest BCUT2D eigenvalue weighted by Gasteiger charge is -2.09. The molecular weight excluding hydrogens is 410 g/mol. The number of carbonyl (C=O) groups is 1. The molecule has 23 heavy (non-hydrogen) atoms. The summed E-state index contributed by atoms with van der Waals surface area (Å²) in [6, 6.07) is 12.4. The quantitative estimate of drug-likeness (QED) is 0.481. The molecule has 0 aliphatic carbocycles. The lowest BCUT2D eigenvalue weighted by molar-refractivity contribution is -0.143. The molecule has 0 atom stereocenters. The van der Waals surface area contributed by atoms with Crippen LogP contribution in [0.15, 0.2) is 42.5 Å². The lowest BCUT2D eigenvalue weighted by atomic mass is 10.1. The van der Waals surface area contributed by atoms with Gasteiger partial charge >= 0.3 is 5.97 Å². The second-order valence-corrected chi connectivity index (χ2v) is 6.10. The molecule has 2 aromatic rings. The third-order valence-electron chi connectivity index (χ3n) is 3.29. The third kappa shape index (κ3) is 5.49. The van der Waals surface area contributed by atoms with Crippen LogP contribution in [0.5, 0.6) is 5.75 Å². The van der Waals surface area contributed by atoms with Crippen molar-refractivity contribution in [2.45, 2.75) is 26.4 Å². The van der Waals surface area contributed by atoms with Crippen LogP contribution in [0, 0.1) is 9.39 Å². The highest BCUT2D eigenvalue weighted by atomic mass is 127. The molecule has 0 unspecified atom stereocenters. The smallest absolute Gasteiger partial charge is 0.306 e. The Morgan fingerprint density at radius 1 is 1.17 bits per heavy atom. The number of ether oxygens (including phenoxy) is 2. The minimum atomic E-state index is -0.261. The van der Waals surface area contributed by atoms with Crippen molar-refractivity contribution in [3.8, 4) is 5.75 Å². The maximum absolute atomic E-state index is 13.7. The highest BCUT2D eigenvalue weighted by Crippen LogP contribution is 2.20. The topological polar surface area (TPSA) is 35.5 Å². The zero-order chi connectivity index (χ0) is 16.7. The Balaban J connectivity index is 1.89. The minimum absolute atomic E-state index is 0.188. The molecule has 0 radical (unpaired) electrons. The van der Waals surface area contributed by atoms with Gasteiger partial charge in [0.05, 0.1) is 6.61 Å². The molecule has 0 aromatic heterocycles. The maximum atomic E-state index is 13.7. The predicted molar refractivity (Wildman–Crippen MR) is 94.8 cm³/mol. The van der Waals surface area contributed by atoms with E-state index in [1.807, 2.05) is 30.3 Å². The number of aryl methyl sites for hydroxylation is 1. The first-order valence-electron chi connectivity index (χ1n) is 7.40. The van der Waals surface area contributed by atoms with Crippen LogP contribution in [-0.2, 0) is 22.6 Å². The number of esters is 1. The van der Waals surface area contributed by atoms with Gasteiger partial charge in [0.2, 0.25) is 0 Å². The fraction of sp³-hybridized carbons (Fsp3) is 0.278. The van der Waals surface area contributed by atoms with Crippen LogP contribution in [-0.4, -0.2) is 12.6 Å². The molecule has 0 aliphatic rings. The van der Waals surface area contributed by atoms with Gasteiger partial charge in [-0.1, -0.05) is 18.2 Å². The van der Waals surface area contributed by atoms with Gasteiger partial charge in [-0.3, -0.25) is 4.79 Å². The van der Waals surface area contributed by atoms with Crippen molar-refractivity contribution in [3.05, 3.63) is 63.0 Å². The molecule has 2 aromatic carbocycles. The van der Waals surface area contributed by atoms with Gasteiger partial charge in [-0.05, 0) is 65.8 Å². The molecule has 0 heterocycles. The van der Waals surface area contributed by atoms with E-state index in [-0.39, 0.29) is 18.4 Å². The van der Waals surface area contributed by atoms with Gasteiger partial charge < -0.3 is 9.47 Å². The standard InChI is InChI=1S/C18H18FIO3/c1-2-22-18(21)11-8-13-6-9-14(10-7-13)23-12-15-16(19)4-3-5-17(15)20/h3-7,9-10H,2,8,11-12H2,1H3. The van der Waals surface area contributed by atoms with Crippen molar-refractivity contribution >= 4 is 28.6 Å². The molecule has 0 saturated heterocycles. The second-order valence-electron chi connectivity index (χ2n) is 4.94. The monoisotopic (exact) mass is 428 g/mol. The van der Waals surface area contributed by atoms with Gasteiger partial charge in [0.25, 0.3) is 0 Å². The van der Waals surface area contributed by atoms with Crippen LogP contribution >= 0.6 is 22.6 Å². The maximum Gasteiger partial charge on any atom is 0.306 e. The molecule has 5 heteroatoms. The normalized spacial score (nSPS) is 10.4. The largest absolute Gasteiger partial charge is 0.489 e. The van der Waals surface area contributed by atoms with Crippen LogP contribution < -0.4 is 4.74 Å². The van der Waals surface area contributed by atoms with E-state index in [1.54, 1.807) is 13.0 Å². The van der Waals surface area contributed by atoms with Gasteiger partial charge in [-0.2, -0.15) is 0 Å². The Hall–Kier alpha value is -1.63. The van der Waals surface area contributed by atoms with E-state index < -0.39 is 0 Å². The second kappa shape index (κ2) is 8.86. The molecule has 0 aliphatic heterocycles. The summed E-state index contributed by atoms with van der Waals surface area (Å²) >= 11 is 2.09. The van der Waals surface area contributed by atoms with Gasteiger partial charge in [-0.25, -0.2) is 4.39 Å². The molecule has 2 rings (SSSR count). The number of hydrogen-bond acceptors (Lipinski definition) is 3. The summed E-state index contributed by atoms with van der Waals surface area (Å²) in [6.45, 7) is 2.38. The van der Waals surface area contributed by atoms with Crippen molar-refractivity contribution in [2.24, 2.45) is 0 Å². The Labute approximate surface area is 148 Å². The van der Waals surface area contributed by atoms with E-state index in [0.29, 0.717) is 30.8 Å². The van der Waals surface area contributed by atoms with Gasteiger partial charge in [0.15, 0.2) is 0 Å². The summed E-state index contributed by atoms with van der Waals surface area (Å²) in [5.41, 5.74) is 1.59. The average molecular weight is 428 g/mol. The van der Waals surface area contributed by atoms with E-state index in [0.717, 1.165) is 9.13 Å². The summed E-state index contributed by atoms with van der Waals surface area (Å²) in [7, 11) is 0. The van der Waals surface area contributed by atoms with Crippen LogP contribution in [0.1, 0.15) is 24.5 Å². The molecule has 3 nitrogen and oxygen atoms in total. The van der Waals surface area contributed by atoms with Crippen LogP contribution in [0.4, 0.5) is 4.39 Å². The third-order valence-corrected chi connectivity index (χ3v) is 4.30. The summed E-state index contributed by atoms with van der Waals surface area (Å²) in [5.74, 6) is 0.217. The molecule has 0 N–H and O–H groups in total. The van der Waals surface area contributed by atoms with E-state index in [9.17, 15) is 9.18 Å². The van der Waals surface area contributed by atoms with Crippen molar-refractivity contribution in [3.63, 3.8) is 0 Å². The molecule has 0 amide bonds. The first kappa shape index (κ1) is 17.7. The summed E-state index contributed by atoms with van der Waals surface area (Å²) in [5, 5.41) is 0. The van der Waals surface area contributed by atoms with Gasteiger partial charge in [0.1, 0.15) is 18.2 Å². The molecule has 0 spiro atoms. The minimum Gasteiger partial charge on any atom is -0.489 e. The van der Waals surface area contributed by atoms with E-state index in [4.69, 9.17) is 9.47 Å². The Morgan fingerprint density at radius 2 is 1.91 bits per heavy atom. The number of carbonyl (C=O) groups excluding carboxylic acids is 1. The lowest BCUT2D eigenvalue weighted by Crippen LogP contribution is -2.05. The SMILES string of the molecule is CCOC(=O)CCc1ccc(OCc2c(F)cccc2I)cc1. The van der Waals surface area contributed by atoms with Gasteiger partial charge in [-0.15, -0.1) is 0 Å². The molecule has 122 valence electrons. The first-order chi connectivity index (χ1) is 11.1. The fourth-order valence-electron chi connectivity index (χ4n) is 2.06. The Bertz CT molecular complexity index is 636. The average Bonchev–Trinajstić information content (AvgIpc) is 2.54. The highest BCUT2D eigenvalue weighted by Gasteiger charge is 2.07. The van der Waals surface area contributed by atoms with Crippen LogP contribution in [0.25, 0.3) is 0 Å². The highest BCUT2D eigenvalue weighted by molar-refractivity contribution is 14.1. The number of halogens is 2. The zero-order valence-corrected chi connectivity index (χ0v) is 15.0. The van der Waals surface area contributed by atoms with Crippen LogP contribution in [0.2, 0.25) is 0 Å². The Morgan fingerprint density at radius 3 is 2.57 bits per heavy atom. The summed E-state index contributed by atoms with van der Waals surface area (Å²) in [6.07, 6.45) is 0.992. The number of rotatable bonds is 7. The first-order valence-corrected chi connectivity index (χ1v) is 8.48. The van der Waals surface area contributed by atoms with Crippen molar-refractivity contribution in [1.29, 1.82) is 0 Å². The predicted octanol–water partition coefficient (Wildman–Crippen LogP) is 4.51. The molecule has 0 saturated carbocycles. The van der Waals surface area contributed by atoms with Crippen molar-refractivity contribution in [2.75, 3.05) is 6.61 Å². The van der Waals surface area contributed by atoms with Gasteiger partial charge in [0, 0.05) is 15.6 Å². The fourth-order valence-corrected chi connectivity index (χ4v) is 2.68. The number of hydrogen-bond donors (Lipinski definition) is 0.